The average Bonchev–Trinajstić information content (AvgIpc) is 3.48. The lowest BCUT2D eigenvalue weighted by Crippen LogP contribution is -2.28. The lowest BCUT2D eigenvalue weighted by molar-refractivity contribution is 0.231. The second kappa shape index (κ2) is 9.50. The van der Waals surface area contributed by atoms with E-state index < -0.39 is 0 Å². The molecular formula is C27H32N6O. The Kier molecular flexibility index (Phi) is 6.28. The van der Waals surface area contributed by atoms with Gasteiger partial charge in [-0.1, -0.05) is 48.7 Å². The molecule has 1 aliphatic carbocycles. The zero-order chi connectivity index (χ0) is 23.7. The monoisotopic (exact) mass is 456 g/mol. The SMILES string of the molecule is Cc1ccc(CN(Cc2cc3c(C)cc(C)cc3[nH]c2=O)Cc2nnnn2C2CCCC2)cc1. The van der Waals surface area contributed by atoms with Crippen molar-refractivity contribution in [3.63, 3.8) is 0 Å². The molecule has 0 radical (unpaired) electrons. The van der Waals surface area contributed by atoms with Crippen LogP contribution in [0.15, 0.2) is 47.3 Å². The van der Waals surface area contributed by atoms with Crippen LogP contribution >= 0.6 is 0 Å². The van der Waals surface area contributed by atoms with Crippen molar-refractivity contribution >= 4 is 10.9 Å². The van der Waals surface area contributed by atoms with Gasteiger partial charge in [-0.3, -0.25) is 9.69 Å². The topological polar surface area (TPSA) is 79.7 Å². The predicted molar refractivity (Wildman–Crippen MR) is 133 cm³/mol. The molecular weight excluding hydrogens is 424 g/mol. The number of aromatic amines is 1. The van der Waals surface area contributed by atoms with Crippen molar-refractivity contribution in [3.8, 4) is 0 Å². The van der Waals surface area contributed by atoms with Gasteiger partial charge in [-0.05, 0) is 72.9 Å². The summed E-state index contributed by atoms with van der Waals surface area (Å²) in [5.41, 5.74) is 6.36. The molecule has 0 saturated heterocycles. The van der Waals surface area contributed by atoms with Crippen molar-refractivity contribution in [2.45, 2.75) is 72.1 Å². The van der Waals surface area contributed by atoms with E-state index in [0.717, 1.165) is 40.7 Å². The van der Waals surface area contributed by atoms with Crippen molar-refractivity contribution in [1.82, 2.24) is 30.1 Å². The van der Waals surface area contributed by atoms with E-state index in [1.807, 2.05) is 16.8 Å². The third kappa shape index (κ3) is 4.80. The molecule has 0 atom stereocenters. The molecule has 4 aromatic rings. The Morgan fingerprint density at radius 2 is 1.74 bits per heavy atom. The van der Waals surface area contributed by atoms with E-state index in [4.69, 9.17) is 0 Å². The van der Waals surface area contributed by atoms with Crippen LogP contribution in [0, 0.1) is 20.8 Å². The third-order valence-electron chi connectivity index (χ3n) is 6.91. The van der Waals surface area contributed by atoms with Crippen LogP contribution in [0.3, 0.4) is 0 Å². The molecule has 0 bridgehead atoms. The fourth-order valence-corrected chi connectivity index (χ4v) is 5.14. The van der Waals surface area contributed by atoms with Gasteiger partial charge in [-0.15, -0.1) is 5.10 Å². The van der Waals surface area contributed by atoms with Gasteiger partial charge in [0, 0.05) is 29.6 Å². The maximum Gasteiger partial charge on any atom is 0.252 e. The van der Waals surface area contributed by atoms with Crippen LogP contribution in [0.1, 0.15) is 65.4 Å². The number of rotatable bonds is 7. The number of nitrogens with zero attached hydrogens (tertiary/aromatic N) is 5. The number of benzene rings is 2. The first kappa shape index (κ1) is 22.5. The highest BCUT2D eigenvalue weighted by Gasteiger charge is 2.23. The average molecular weight is 457 g/mol. The molecule has 34 heavy (non-hydrogen) atoms. The van der Waals surface area contributed by atoms with E-state index in [1.54, 1.807) is 0 Å². The summed E-state index contributed by atoms with van der Waals surface area (Å²) < 4.78 is 2.01. The molecule has 2 heterocycles. The summed E-state index contributed by atoms with van der Waals surface area (Å²) in [4.78, 5) is 18.4. The number of nitrogens with one attached hydrogen (secondary N) is 1. The number of hydrogen-bond donors (Lipinski definition) is 1. The van der Waals surface area contributed by atoms with Crippen molar-refractivity contribution in [3.05, 3.63) is 86.5 Å². The molecule has 0 aliphatic heterocycles. The van der Waals surface area contributed by atoms with Crippen LogP contribution in [0.5, 0.6) is 0 Å². The molecule has 1 fully saturated rings. The lowest BCUT2D eigenvalue weighted by atomic mass is 10.0. The summed E-state index contributed by atoms with van der Waals surface area (Å²) in [5, 5.41) is 13.8. The Balaban J connectivity index is 1.47. The lowest BCUT2D eigenvalue weighted by Gasteiger charge is -2.23. The number of pyridine rings is 1. The fraction of sp³-hybridized carbons (Fsp3) is 0.407. The summed E-state index contributed by atoms with van der Waals surface area (Å²) in [5.74, 6) is 0.864. The second-order valence-corrected chi connectivity index (χ2v) is 9.78. The molecule has 0 spiro atoms. The minimum atomic E-state index is -0.0400. The Labute approximate surface area is 199 Å². The Morgan fingerprint density at radius 3 is 2.50 bits per heavy atom. The standard InChI is InChI=1S/C27H32N6O/c1-18-8-10-21(11-9-18)15-32(17-26-29-30-31-33(26)23-6-4-5-7-23)16-22-14-24-20(3)12-19(2)13-25(24)28-27(22)34/h8-14,23H,4-7,15-17H2,1-3H3,(H,28,34). The van der Waals surface area contributed by atoms with E-state index in [-0.39, 0.29) is 5.56 Å². The van der Waals surface area contributed by atoms with Gasteiger partial charge in [0.25, 0.3) is 5.56 Å². The summed E-state index contributed by atoms with van der Waals surface area (Å²) >= 11 is 0. The molecule has 2 aromatic heterocycles. The van der Waals surface area contributed by atoms with Gasteiger partial charge < -0.3 is 4.98 Å². The zero-order valence-corrected chi connectivity index (χ0v) is 20.2. The van der Waals surface area contributed by atoms with Crippen LogP contribution in [-0.2, 0) is 19.6 Å². The van der Waals surface area contributed by atoms with Gasteiger partial charge in [0.15, 0.2) is 5.82 Å². The highest BCUT2D eigenvalue weighted by Crippen LogP contribution is 2.29. The Morgan fingerprint density at radius 1 is 0.971 bits per heavy atom. The quantitative estimate of drug-likeness (QED) is 0.434. The first-order valence-electron chi connectivity index (χ1n) is 12.1. The fourth-order valence-electron chi connectivity index (χ4n) is 5.14. The molecule has 176 valence electrons. The third-order valence-corrected chi connectivity index (χ3v) is 6.91. The van der Waals surface area contributed by atoms with Gasteiger partial charge in [-0.2, -0.15) is 0 Å². The number of fused-ring (bicyclic) bond motifs is 1. The molecule has 1 saturated carbocycles. The van der Waals surface area contributed by atoms with Gasteiger partial charge in [-0.25, -0.2) is 4.68 Å². The van der Waals surface area contributed by atoms with Gasteiger partial charge in [0.2, 0.25) is 0 Å². The predicted octanol–water partition coefficient (Wildman–Crippen LogP) is 4.76. The Hall–Kier alpha value is -3.32. The summed E-state index contributed by atoms with van der Waals surface area (Å²) in [6, 6.07) is 15.2. The van der Waals surface area contributed by atoms with Crippen molar-refractivity contribution in [2.24, 2.45) is 0 Å². The van der Waals surface area contributed by atoms with Gasteiger partial charge in [0.1, 0.15) is 0 Å². The molecule has 7 nitrogen and oxygen atoms in total. The first-order chi connectivity index (χ1) is 16.5. The molecule has 1 aliphatic rings. The van der Waals surface area contributed by atoms with E-state index in [1.165, 1.54) is 29.5 Å². The van der Waals surface area contributed by atoms with Crippen LogP contribution < -0.4 is 5.56 Å². The van der Waals surface area contributed by atoms with Crippen molar-refractivity contribution in [2.75, 3.05) is 0 Å². The molecule has 0 unspecified atom stereocenters. The Bertz CT molecular complexity index is 1350. The van der Waals surface area contributed by atoms with Gasteiger partial charge >= 0.3 is 0 Å². The minimum absolute atomic E-state index is 0.0400. The van der Waals surface area contributed by atoms with Crippen molar-refractivity contribution < 1.29 is 0 Å². The number of hydrogen-bond acceptors (Lipinski definition) is 5. The molecule has 7 heteroatoms. The number of aryl methyl sites for hydroxylation is 3. The molecule has 2 aromatic carbocycles. The molecule has 1 N–H and O–H groups in total. The number of tetrazole rings is 1. The van der Waals surface area contributed by atoms with E-state index >= 15 is 0 Å². The van der Waals surface area contributed by atoms with E-state index in [2.05, 4.69) is 76.5 Å². The largest absolute Gasteiger partial charge is 0.322 e. The second-order valence-electron chi connectivity index (χ2n) is 9.78. The molecule has 0 amide bonds. The zero-order valence-electron chi connectivity index (χ0n) is 20.2. The van der Waals surface area contributed by atoms with Crippen LogP contribution in [0.2, 0.25) is 0 Å². The number of H-pyrrole nitrogens is 1. The summed E-state index contributed by atoms with van der Waals surface area (Å²) in [6.45, 7) is 8.05. The van der Waals surface area contributed by atoms with Gasteiger partial charge in [0.05, 0.1) is 12.6 Å². The number of aromatic nitrogens is 5. The summed E-state index contributed by atoms with van der Waals surface area (Å²) in [7, 11) is 0. The van der Waals surface area contributed by atoms with E-state index in [0.29, 0.717) is 25.7 Å². The maximum atomic E-state index is 13.0. The highest BCUT2D eigenvalue weighted by molar-refractivity contribution is 5.83. The van der Waals surface area contributed by atoms with Crippen LogP contribution in [0.25, 0.3) is 10.9 Å². The van der Waals surface area contributed by atoms with Crippen LogP contribution in [0.4, 0.5) is 0 Å². The highest BCUT2D eigenvalue weighted by atomic mass is 16.1. The minimum Gasteiger partial charge on any atom is -0.322 e. The van der Waals surface area contributed by atoms with E-state index in [9.17, 15) is 4.79 Å². The van der Waals surface area contributed by atoms with Crippen LogP contribution in [-0.4, -0.2) is 30.1 Å². The maximum absolute atomic E-state index is 13.0. The first-order valence-corrected chi connectivity index (χ1v) is 12.1. The molecule has 5 rings (SSSR count). The summed E-state index contributed by atoms with van der Waals surface area (Å²) in [6.07, 6.45) is 4.70. The normalized spacial score (nSPS) is 14.5. The van der Waals surface area contributed by atoms with Crippen molar-refractivity contribution in [1.29, 1.82) is 0 Å². The smallest absolute Gasteiger partial charge is 0.252 e.